The fourth-order valence-corrected chi connectivity index (χ4v) is 5.11. The molecule has 1 aromatic heterocycles. The maximum absolute atomic E-state index is 13.6. The van der Waals surface area contributed by atoms with Gasteiger partial charge in [0.2, 0.25) is 0 Å². The minimum absolute atomic E-state index is 0.146. The standard InChI is InChI=1S/C27H23N3O3/c1-29(2)10-5-11-30-26(32)23-19-12-15-6-3-4-7-16(15)13-20(19)25-22(24(23)27(30)33)18-9-8-17(31)14-21(18)28-25/h3-4,6-9,12-14,28,31H,5,10-11H2,1-2H3. The van der Waals surface area contributed by atoms with Gasteiger partial charge in [-0.15, -0.1) is 0 Å². The molecule has 0 saturated heterocycles. The third kappa shape index (κ3) is 2.84. The molecular formula is C27H23N3O3. The number of phenolic OH excluding ortho intramolecular Hbond substituents is 1. The largest absolute Gasteiger partial charge is 0.508 e. The SMILES string of the molecule is CN(C)CCCN1C(=O)c2c(c3c4ccc(O)cc4[nH]c3c3cc4ccccc4cc23)C1=O. The quantitative estimate of drug-likeness (QED) is 0.310. The Hall–Kier alpha value is -3.90. The Kier molecular flexibility index (Phi) is 4.22. The van der Waals surface area contributed by atoms with Crippen LogP contribution in [0.2, 0.25) is 0 Å². The Morgan fingerprint density at radius 1 is 0.879 bits per heavy atom. The number of aromatic nitrogens is 1. The molecule has 5 aromatic rings. The van der Waals surface area contributed by atoms with Gasteiger partial charge in [0, 0.05) is 28.8 Å². The van der Waals surface area contributed by atoms with E-state index in [1.807, 2.05) is 55.4 Å². The highest BCUT2D eigenvalue weighted by molar-refractivity contribution is 6.37. The number of aromatic amines is 1. The first kappa shape index (κ1) is 19.8. The van der Waals surface area contributed by atoms with Gasteiger partial charge >= 0.3 is 0 Å². The number of carbonyl (C=O) groups excluding carboxylic acids is 2. The van der Waals surface area contributed by atoms with E-state index in [1.54, 1.807) is 12.1 Å². The summed E-state index contributed by atoms with van der Waals surface area (Å²) in [6, 6.07) is 17.2. The monoisotopic (exact) mass is 437 g/mol. The molecular weight excluding hydrogens is 414 g/mol. The molecule has 1 aliphatic rings. The molecule has 6 nitrogen and oxygen atoms in total. The lowest BCUT2D eigenvalue weighted by atomic mass is 9.93. The number of hydrogen-bond acceptors (Lipinski definition) is 4. The van der Waals surface area contributed by atoms with Crippen LogP contribution in [0.5, 0.6) is 5.75 Å². The van der Waals surface area contributed by atoms with Crippen molar-refractivity contribution in [2.75, 3.05) is 27.2 Å². The Morgan fingerprint density at radius 2 is 1.58 bits per heavy atom. The molecule has 0 spiro atoms. The van der Waals surface area contributed by atoms with Gasteiger partial charge in [0.15, 0.2) is 0 Å². The molecule has 2 amide bonds. The summed E-state index contributed by atoms with van der Waals surface area (Å²) in [7, 11) is 3.96. The van der Waals surface area contributed by atoms with E-state index in [-0.39, 0.29) is 17.6 Å². The minimum Gasteiger partial charge on any atom is -0.508 e. The first-order valence-electron chi connectivity index (χ1n) is 11.1. The van der Waals surface area contributed by atoms with E-state index in [4.69, 9.17) is 0 Å². The number of fused-ring (bicyclic) bond motifs is 9. The van der Waals surface area contributed by atoms with Crippen LogP contribution in [0.15, 0.2) is 54.6 Å². The van der Waals surface area contributed by atoms with Gasteiger partial charge in [-0.05, 0) is 67.5 Å². The average molecular weight is 437 g/mol. The fraction of sp³-hybridized carbons (Fsp3) is 0.185. The summed E-state index contributed by atoms with van der Waals surface area (Å²) in [6.45, 7) is 1.17. The van der Waals surface area contributed by atoms with Crippen LogP contribution in [-0.2, 0) is 0 Å². The summed E-state index contributed by atoms with van der Waals surface area (Å²) in [5.41, 5.74) is 2.48. The molecule has 0 unspecified atom stereocenters. The van der Waals surface area contributed by atoms with Crippen LogP contribution in [0.4, 0.5) is 0 Å². The van der Waals surface area contributed by atoms with Crippen molar-refractivity contribution >= 4 is 55.2 Å². The molecule has 0 saturated carbocycles. The Morgan fingerprint density at radius 3 is 2.30 bits per heavy atom. The summed E-state index contributed by atoms with van der Waals surface area (Å²) < 4.78 is 0. The molecule has 33 heavy (non-hydrogen) atoms. The smallest absolute Gasteiger partial charge is 0.262 e. The van der Waals surface area contributed by atoms with Gasteiger partial charge in [0.05, 0.1) is 22.2 Å². The van der Waals surface area contributed by atoms with E-state index in [0.717, 1.165) is 49.9 Å². The number of aromatic hydroxyl groups is 1. The number of hydrogen-bond donors (Lipinski definition) is 2. The molecule has 0 aliphatic carbocycles. The van der Waals surface area contributed by atoms with Crippen molar-refractivity contribution in [2.24, 2.45) is 0 Å². The number of rotatable bonds is 4. The molecule has 1 aliphatic heterocycles. The number of benzene rings is 4. The normalized spacial score (nSPS) is 14.0. The van der Waals surface area contributed by atoms with Crippen LogP contribution in [-0.4, -0.2) is 58.9 Å². The molecule has 2 N–H and O–H groups in total. The molecule has 164 valence electrons. The third-order valence-corrected chi connectivity index (χ3v) is 6.61. The first-order chi connectivity index (χ1) is 15.9. The minimum atomic E-state index is -0.247. The Labute approximate surface area is 190 Å². The van der Waals surface area contributed by atoms with Crippen molar-refractivity contribution in [1.29, 1.82) is 0 Å². The van der Waals surface area contributed by atoms with Gasteiger partial charge in [-0.25, -0.2) is 0 Å². The summed E-state index contributed by atoms with van der Waals surface area (Å²) in [5, 5.41) is 15.4. The topological polar surface area (TPSA) is 76.6 Å². The molecule has 6 heteroatoms. The van der Waals surface area contributed by atoms with Crippen molar-refractivity contribution in [3.63, 3.8) is 0 Å². The maximum Gasteiger partial charge on any atom is 0.262 e. The zero-order valence-corrected chi connectivity index (χ0v) is 18.5. The molecule has 6 rings (SSSR count). The van der Waals surface area contributed by atoms with Gasteiger partial charge in [0.1, 0.15) is 5.75 Å². The number of phenols is 1. The zero-order chi connectivity index (χ0) is 22.9. The number of nitrogens with one attached hydrogen (secondary N) is 1. The average Bonchev–Trinajstić information content (AvgIpc) is 3.28. The first-order valence-corrected chi connectivity index (χ1v) is 11.1. The maximum atomic E-state index is 13.6. The molecule has 0 radical (unpaired) electrons. The second-order valence-corrected chi connectivity index (χ2v) is 9.02. The highest BCUT2D eigenvalue weighted by Crippen LogP contribution is 2.43. The van der Waals surface area contributed by atoms with E-state index in [9.17, 15) is 14.7 Å². The molecule has 0 atom stereocenters. The number of carbonyl (C=O) groups is 2. The lowest BCUT2D eigenvalue weighted by Gasteiger charge is -2.15. The Balaban J connectivity index is 1.70. The lowest BCUT2D eigenvalue weighted by molar-refractivity contribution is 0.0650. The van der Waals surface area contributed by atoms with Gasteiger partial charge in [-0.3, -0.25) is 14.5 Å². The summed E-state index contributed by atoms with van der Waals surface area (Å²) in [4.78, 5) is 34.1. The van der Waals surface area contributed by atoms with Crippen LogP contribution in [0, 0.1) is 0 Å². The molecule has 4 aromatic carbocycles. The fourth-order valence-electron chi connectivity index (χ4n) is 5.11. The second-order valence-electron chi connectivity index (χ2n) is 9.02. The van der Waals surface area contributed by atoms with E-state index in [2.05, 4.69) is 11.1 Å². The van der Waals surface area contributed by atoms with Crippen molar-refractivity contribution in [1.82, 2.24) is 14.8 Å². The highest BCUT2D eigenvalue weighted by atomic mass is 16.3. The van der Waals surface area contributed by atoms with Crippen molar-refractivity contribution in [3.05, 3.63) is 65.7 Å². The number of amides is 2. The van der Waals surface area contributed by atoms with Crippen molar-refractivity contribution in [2.45, 2.75) is 6.42 Å². The van der Waals surface area contributed by atoms with Crippen LogP contribution >= 0.6 is 0 Å². The lowest BCUT2D eigenvalue weighted by Crippen LogP contribution is -2.32. The number of imide groups is 1. The summed E-state index contributed by atoms with van der Waals surface area (Å²) >= 11 is 0. The van der Waals surface area contributed by atoms with Gasteiger partial charge in [-0.1, -0.05) is 24.3 Å². The van der Waals surface area contributed by atoms with Crippen molar-refractivity contribution in [3.8, 4) is 5.75 Å². The number of H-pyrrole nitrogens is 1. The van der Waals surface area contributed by atoms with Gasteiger partial charge in [-0.2, -0.15) is 0 Å². The van der Waals surface area contributed by atoms with E-state index >= 15 is 0 Å². The number of nitrogens with zero attached hydrogens (tertiary/aromatic N) is 2. The van der Waals surface area contributed by atoms with E-state index < -0.39 is 0 Å². The predicted molar refractivity (Wildman–Crippen MR) is 131 cm³/mol. The zero-order valence-electron chi connectivity index (χ0n) is 18.5. The second kappa shape index (κ2) is 7.05. The summed E-state index contributed by atoms with van der Waals surface area (Å²) in [6.07, 6.45) is 0.713. The van der Waals surface area contributed by atoms with Gasteiger partial charge in [0.25, 0.3) is 11.8 Å². The van der Waals surface area contributed by atoms with Crippen LogP contribution in [0.1, 0.15) is 27.1 Å². The van der Waals surface area contributed by atoms with E-state index in [1.165, 1.54) is 4.90 Å². The molecule has 0 fully saturated rings. The van der Waals surface area contributed by atoms with Crippen LogP contribution in [0.3, 0.4) is 0 Å². The molecule has 2 heterocycles. The third-order valence-electron chi connectivity index (χ3n) is 6.61. The molecule has 0 bridgehead atoms. The summed E-state index contributed by atoms with van der Waals surface area (Å²) in [5.74, 6) is -0.333. The van der Waals surface area contributed by atoms with Gasteiger partial charge < -0.3 is 15.0 Å². The van der Waals surface area contributed by atoms with Crippen LogP contribution < -0.4 is 0 Å². The highest BCUT2D eigenvalue weighted by Gasteiger charge is 2.39. The van der Waals surface area contributed by atoms with Crippen molar-refractivity contribution < 1.29 is 14.7 Å². The predicted octanol–water partition coefficient (Wildman–Crippen LogP) is 4.88. The van der Waals surface area contributed by atoms with E-state index in [0.29, 0.717) is 24.1 Å². The Bertz CT molecular complexity index is 1630. The van der Waals surface area contributed by atoms with Crippen LogP contribution in [0.25, 0.3) is 43.4 Å².